The number of amides is 1. The minimum atomic E-state index is -0.915. The highest BCUT2D eigenvalue weighted by Crippen LogP contribution is 2.69. The molecule has 2 aliphatic rings. The summed E-state index contributed by atoms with van der Waals surface area (Å²) in [6.07, 6.45) is 1.90. The van der Waals surface area contributed by atoms with Crippen LogP contribution in [0.5, 0.6) is 0 Å². The summed E-state index contributed by atoms with van der Waals surface area (Å²) in [5, 5.41) is 8.88. The number of carbonyl (C=O) groups is 2. The van der Waals surface area contributed by atoms with Gasteiger partial charge in [-0.3, -0.25) is 9.59 Å². The van der Waals surface area contributed by atoms with Crippen LogP contribution in [0.25, 0.3) is 0 Å². The summed E-state index contributed by atoms with van der Waals surface area (Å²) in [7, 11) is 0. The van der Waals surface area contributed by atoms with Gasteiger partial charge in [0.1, 0.15) is 6.54 Å². The third kappa shape index (κ3) is 1.83. The maximum Gasteiger partial charge on any atom is 0.323 e. The van der Waals surface area contributed by atoms with Crippen LogP contribution in [0.1, 0.15) is 40.5 Å². The minimum absolute atomic E-state index is 0.0181. The second kappa shape index (κ2) is 3.47. The summed E-state index contributed by atoms with van der Waals surface area (Å²) in [5.74, 6) is -0.915. The molecule has 0 heterocycles. The fourth-order valence-electron chi connectivity index (χ4n) is 2.90. The lowest BCUT2D eigenvalue weighted by Gasteiger charge is -2.21. The molecule has 4 heteroatoms. The molecule has 4 nitrogen and oxygen atoms in total. The Kier molecular flexibility index (Phi) is 2.53. The van der Waals surface area contributed by atoms with E-state index in [1.807, 2.05) is 0 Å². The van der Waals surface area contributed by atoms with Gasteiger partial charge in [-0.1, -0.05) is 27.7 Å². The SMILES string of the molecule is CC1(C)C(C(=O)N(CC(=O)O)C2CC2)C1(C)C. The van der Waals surface area contributed by atoms with Crippen molar-refractivity contribution in [3.05, 3.63) is 0 Å². The van der Waals surface area contributed by atoms with E-state index in [0.717, 1.165) is 12.8 Å². The monoisotopic (exact) mass is 239 g/mol. The van der Waals surface area contributed by atoms with Gasteiger partial charge in [0, 0.05) is 12.0 Å². The molecule has 2 fully saturated rings. The molecule has 96 valence electrons. The van der Waals surface area contributed by atoms with Crippen LogP contribution >= 0.6 is 0 Å². The fourth-order valence-corrected chi connectivity index (χ4v) is 2.90. The van der Waals surface area contributed by atoms with Gasteiger partial charge in [-0.05, 0) is 23.7 Å². The van der Waals surface area contributed by atoms with Crippen LogP contribution in [0.4, 0.5) is 0 Å². The number of hydrogen-bond acceptors (Lipinski definition) is 2. The van der Waals surface area contributed by atoms with Gasteiger partial charge in [-0.25, -0.2) is 0 Å². The van der Waals surface area contributed by atoms with Crippen molar-refractivity contribution < 1.29 is 14.7 Å². The lowest BCUT2D eigenvalue weighted by Crippen LogP contribution is -2.39. The Bertz CT molecular complexity index is 355. The molecule has 0 aromatic carbocycles. The van der Waals surface area contributed by atoms with E-state index in [-0.39, 0.29) is 35.2 Å². The summed E-state index contributed by atoms with van der Waals surface area (Å²) in [5.41, 5.74) is -0.0363. The van der Waals surface area contributed by atoms with E-state index in [9.17, 15) is 9.59 Å². The van der Waals surface area contributed by atoms with Gasteiger partial charge in [0.15, 0.2) is 0 Å². The Balaban J connectivity index is 2.11. The van der Waals surface area contributed by atoms with Crippen molar-refractivity contribution in [1.82, 2.24) is 4.90 Å². The Labute approximate surface area is 102 Å². The minimum Gasteiger partial charge on any atom is -0.480 e. The van der Waals surface area contributed by atoms with Gasteiger partial charge in [0.2, 0.25) is 5.91 Å². The molecular formula is C13H21NO3. The zero-order chi connectivity index (χ0) is 13.0. The van der Waals surface area contributed by atoms with Gasteiger partial charge in [0.05, 0.1) is 0 Å². The number of nitrogens with zero attached hydrogens (tertiary/aromatic N) is 1. The quantitative estimate of drug-likeness (QED) is 0.813. The molecule has 0 aromatic rings. The largest absolute Gasteiger partial charge is 0.480 e. The highest BCUT2D eigenvalue weighted by molar-refractivity contribution is 5.87. The van der Waals surface area contributed by atoms with Crippen molar-refractivity contribution in [2.24, 2.45) is 16.7 Å². The van der Waals surface area contributed by atoms with E-state index in [1.54, 1.807) is 4.90 Å². The van der Waals surface area contributed by atoms with Crippen molar-refractivity contribution in [2.75, 3.05) is 6.54 Å². The standard InChI is InChI=1S/C13H21NO3/c1-12(2)10(13(12,3)4)11(17)14(7-9(15)16)8-5-6-8/h8,10H,5-7H2,1-4H3,(H,15,16). The number of carboxylic acid groups (broad SMARTS) is 1. The molecule has 2 saturated carbocycles. The zero-order valence-electron chi connectivity index (χ0n) is 11.0. The highest BCUT2D eigenvalue weighted by atomic mass is 16.4. The van der Waals surface area contributed by atoms with E-state index in [2.05, 4.69) is 27.7 Å². The van der Waals surface area contributed by atoms with Crippen molar-refractivity contribution in [2.45, 2.75) is 46.6 Å². The predicted octanol–water partition coefficient (Wildman–Crippen LogP) is 1.74. The second-order valence-electron chi connectivity index (χ2n) is 6.47. The lowest BCUT2D eigenvalue weighted by molar-refractivity contribution is -0.146. The maximum atomic E-state index is 12.4. The summed E-state index contributed by atoms with van der Waals surface area (Å²) >= 11 is 0. The third-order valence-electron chi connectivity index (χ3n) is 4.84. The molecule has 0 spiro atoms. The summed E-state index contributed by atoms with van der Waals surface area (Å²) in [4.78, 5) is 24.8. The first-order valence-corrected chi connectivity index (χ1v) is 6.22. The van der Waals surface area contributed by atoms with Gasteiger partial charge < -0.3 is 10.0 Å². The Morgan fingerprint density at radius 2 is 1.65 bits per heavy atom. The molecule has 1 amide bonds. The van der Waals surface area contributed by atoms with Crippen LogP contribution in [0.15, 0.2) is 0 Å². The molecule has 1 N–H and O–H groups in total. The number of aliphatic carboxylic acids is 1. The number of hydrogen-bond donors (Lipinski definition) is 1. The molecule has 0 radical (unpaired) electrons. The molecule has 0 bridgehead atoms. The number of carboxylic acids is 1. The smallest absolute Gasteiger partial charge is 0.323 e. The van der Waals surface area contributed by atoms with E-state index >= 15 is 0 Å². The number of rotatable bonds is 4. The van der Waals surface area contributed by atoms with Crippen LogP contribution in [0, 0.1) is 16.7 Å². The second-order valence-corrected chi connectivity index (χ2v) is 6.47. The Morgan fingerprint density at radius 1 is 1.18 bits per heavy atom. The van der Waals surface area contributed by atoms with Gasteiger partial charge in [0.25, 0.3) is 0 Å². The average Bonchev–Trinajstić information content (AvgIpc) is 3.01. The summed E-state index contributed by atoms with van der Waals surface area (Å²) in [6.45, 7) is 8.19. The first-order chi connectivity index (χ1) is 7.69. The Hall–Kier alpha value is -1.06. The van der Waals surface area contributed by atoms with E-state index in [0.29, 0.717) is 0 Å². The van der Waals surface area contributed by atoms with Crippen LogP contribution < -0.4 is 0 Å². The van der Waals surface area contributed by atoms with Crippen molar-refractivity contribution in [3.8, 4) is 0 Å². The molecule has 17 heavy (non-hydrogen) atoms. The average molecular weight is 239 g/mol. The van der Waals surface area contributed by atoms with Gasteiger partial charge in [-0.2, -0.15) is 0 Å². The van der Waals surface area contributed by atoms with Crippen molar-refractivity contribution in [1.29, 1.82) is 0 Å². The van der Waals surface area contributed by atoms with Crippen molar-refractivity contribution in [3.63, 3.8) is 0 Å². The maximum absolute atomic E-state index is 12.4. The van der Waals surface area contributed by atoms with Gasteiger partial charge in [-0.15, -0.1) is 0 Å². The fraction of sp³-hybridized carbons (Fsp3) is 0.846. The van der Waals surface area contributed by atoms with Crippen LogP contribution in [-0.4, -0.2) is 34.5 Å². The van der Waals surface area contributed by atoms with E-state index in [4.69, 9.17) is 5.11 Å². The van der Waals surface area contributed by atoms with E-state index < -0.39 is 5.97 Å². The molecular weight excluding hydrogens is 218 g/mol. The van der Waals surface area contributed by atoms with Crippen LogP contribution in [0.2, 0.25) is 0 Å². The lowest BCUT2D eigenvalue weighted by atomic mass is 10.0. The first-order valence-electron chi connectivity index (χ1n) is 6.22. The molecule has 2 rings (SSSR count). The summed E-state index contributed by atoms with van der Waals surface area (Å²) in [6, 6.07) is 0.172. The predicted molar refractivity (Wildman–Crippen MR) is 63.4 cm³/mol. The first kappa shape index (κ1) is 12.4. The highest BCUT2D eigenvalue weighted by Gasteiger charge is 2.69. The molecule has 2 aliphatic carbocycles. The molecule has 0 unspecified atom stereocenters. The van der Waals surface area contributed by atoms with Crippen molar-refractivity contribution >= 4 is 11.9 Å². The zero-order valence-corrected chi connectivity index (χ0v) is 11.0. The summed E-state index contributed by atoms with van der Waals surface area (Å²) < 4.78 is 0. The molecule has 0 atom stereocenters. The van der Waals surface area contributed by atoms with E-state index in [1.165, 1.54) is 0 Å². The molecule has 0 aromatic heterocycles. The topological polar surface area (TPSA) is 57.6 Å². The Morgan fingerprint density at radius 3 is 1.94 bits per heavy atom. The third-order valence-corrected chi connectivity index (χ3v) is 4.84. The normalized spacial score (nSPS) is 25.4. The molecule has 0 aliphatic heterocycles. The number of carbonyl (C=O) groups excluding carboxylic acids is 1. The molecule has 0 saturated heterocycles. The van der Waals surface area contributed by atoms with Gasteiger partial charge >= 0.3 is 5.97 Å². The van der Waals surface area contributed by atoms with Crippen LogP contribution in [0.3, 0.4) is 0 Å². The van der Waals surface area contributed by atoms with Crippen LogP contribution in [-0.2, 0) is 9.59 Å².